The molecule has 0 unspecified atom stereocenters. The zero-order valence-corrected chi connectivity index (χ0v) is 13.3. The molecule has 8 heteroatoms. The summed E-state index contributed by atoms with van der Waals surface area (Å²) in [7, 11) is 0. The summed E-state index contributed by atoms with van der Waals surface area (Å²) in [5, 5.41) is 15.1. The van der Waals surface area contributed by atoms with Gasteiger partial charge in [-0.15, -0.1) is 10.2 Å². The van der Waals surface area contributed by atoms with Gasteiger partial charge in [0.25, 0.3) is 11.5 Å². The van der Waals surface area contributed by atoms with Gasteiger partial charge in [-0.1, -0.05) is 13.0 Å². The molecule has 0 radical (unpaired) electrons. The van der Waals surface area contributed by atoms with Crippen LogP contribution < -0.4 is 10.9 Å². The normalized spacial score (nSPS) is 10.9. The Bertz CT molecular complexity index is 914. The van der Waals surface area contributed by atoms with Crippen molar-refractivity contribution in [1.82, 2.24) is 29.7 Å². The molecule has 24 heavy (non-hydrogen) atoms. The maximum absolute atomic E-state index is 12.2. The van der Waals surface area contributed by atoms with Crippen LogP contribution in [-0.4, -0.2) is 36.8 Å². The minimum absolute atomic E-state index is 0.205. The van der Waals surface area contributed by atoms with Crippen LogP contribution in [0.15, 0.2) is 41.3 Å². The second kappa shape index (κ2) is 7.03. The lowest BCUT2D eigenvalue weighted by Gasteiger charge is -2.06. The fourth-order valence-corrected chi connectivity index (χ4v) is 2.38. The minimum atomic E-state index is -0.311. The number of pyridine rings is 1. The van der Waals surface area contributed by atoms with Crippen LogP contribution in [0.3, 0.4) is 0 Å². The Morgan fingerprint density at radius 3 is 2.92 bits per heavy atom. The van der Waals surface area contributed by atoms with E-state index in [0.29, 0.717) is 19.5 Å². The molecule has 0 aliphatic carbocycles. The molecule has 3 rings (SSSR count). The topological polar surface area (TPSA) is 94.2 Å². The number of aromatic nitrogens is 5. The number of hydrogen-bond donors (Lipinski definition) is 1. The number of carbonyl (C=O) groups excluding carboxylic acids is 1. The molecule has 0 spiro atoms. The van der Waals surface area contributed by atoms with Gasteiger partial charge in [0.15, 0.2) is 5.65 Å². The van der Waals surface area contributed by atoms with Crippen LogP contribution in [0.4, 0.5) is 0 Å². The van der Waals surface area contributed by atoms with E-state index < -0.39 is 0 Å². The number of amides is 1. The molecule has 124 valence electrons. The van der Waals surface area contributed by atoms with E-state index in [2.05, 4.69) is 20.6 Å². The number of hydrogen-bond acceptors (Lipinski definition) is 5. The predicted molar refractivity (Wildman–Crippen MR) is 87.8 cm³/mol. The first-order valence-corrected chi connectivity index (χ1v) is 7.84. The summed E-state index contributed by atoms with van der Waals surface area (Å²) >= 11 is 0. The zero-order chi connectivity index (χ0) is 16.9. The first-order chi connectivity index (χ1) is 11.7. The van der Waals surface area contributed by atoms with E-state index in [1.54, 1.807) is 0 Å². The van der Waals surface area contributed by atoms with Crippen molar-refractivity contribution < 1.29 is 4.79 Å². The van der Waals surface area contributed by atoms with E-state index in [1.165, 1.54) is 16.8 Å². The summed E-state index contributed by atoms with van der Waals surface area (Å²) < 4.78 is 3.19. The predicted octanol–water partition coefficient (Wildman–Crippen LogP) is 0.668. The molecule has 0 aliphatic rings. The Kier molecular flexibility index (Phi) is 4.64. The molecule has 0 aromatic carbocycles. The Hall–Kier alpha value is -3.03. The van der Waals surface area contributed by atoms with Gasteiger partial charge in [0.05, 0.1) is 0 Å². The van der Waals surface area contributed by atoms with Gasteiger partial charge in [0, 0.05) is 31.8 Å². The number of rotatable bonds is 6. The van der Waals surface area contributed by atoms with Crippen molar-refractivity contribution in [1.29, 1.82) is 0 Å². The molecule has 0 atom stereocenters. The van der Waals surface area contributed by atoms with E-state index in [-0.39, 0.29) is 17.2 Å². The first-order valence-electron chi connectivity index (χ1n) is 7.84. The summed E-state index contributed by atoms with van der Waals surface area (Å²) in [5.74, 6) is 0.462. The second-order valence-electron chi connectivity index (χ2n) is 5.33. The highest BCUT2D eigenvalue weighted by atomic mass is 16.2. The molecule has 1 amide bonds. The molecule has 0 aliphatic heterocycles. The minimum Gasteiger partial charge on any atom is -0.350 e. The van der Waals surface area contributed by atoms with Crippen LogP contribution in [0.1, 0.15) is 29.7 Å². The van der Waals surface area contributed by atoms with Crippen LogP contribution >= 0.6 is 0 Å². The van der Waals surface area contributed by atoms with Gasteiger partial charge < -0.3 is 5.32 Å². The summed E-state index contributed by atoms with van der Waals surface area (Å²) in [5.41, 5.74) is 0.796. The smallest absolute Gasteiger partial charge is 0.271 e. The molecule has 3 aromatic rings. The van der Waals surface area contributed by atoms with Gasteiger partial charge in [-0.05, 0) is 24.6 Å². The monoisotopic (exact) mass is 326 g/mol. The van der Waals surface area contributed by atoms with Crippen molar-refractivity contribution in [2.24, 2.45) is 0 Å². The molecular weight excluding hydrogens is 308 g/mol. The lowest BCUT2D eigenvalue weighted by Crippen LogP contribution is -2.30. The van der Waals surface area contributed by atoms with Gasteiger partial charge in [0.1, 0.15) is 11.5 Å². The number of carbonyl (C=O) groups is 1. The molecule has 0 bridgehead atoms. The van der Waals surface area contributed by atoms with E-state index in [9.17, 15) is 9.59 Å². The standard InChI is InChI=1S/C16H18N6O2/c1-2-10-22-15(23)7-6-12(20-22)16(24)17-9-8-14-19-18-13-5-3-4-11-21(13)14/h3-7,11H,2,8-10H2,1H3,(H,17,24). The van der Waals surface area contributed by atoms with E-state index in [0.717, 1.165) is 17.9 Å². The Morgan fingerprint density at radius 2 is 2.08 bits per heavy atom. The van der Waals surface area contributed by atoms with Crippen molar-refractivity contribution in [2.45, 2.75) is 26.3 Å². The SMILES string of the molecule is CCCn1nc(C(=O)NCCc2nnc3ccccn23)ccc1=O. The van der Waals surface area contributed by atoms with Crippen molar-refractivity contribution >= 4 is 11.6 Å². The third-order valence-electron chi connectivity index (χ3n) is 3.55. The summed E-state index contributed by atoms with van der Waals surface area (Å²) in [6, 6.07) is 8.47. The van der Waals surface area contributed by atoms with E-state index >= 15 is 0 Å². The number of nitrogens with zero attached hydrogens (tertiary/aromatic N) is 5. The van der Waals surface area contributed by atoms with Crippen molar-refractivity contribution in [3.05, 3.63) is 58.4 Å². The highest BCUT2D eigenvalue weighted by Crippen LogP contribution is 2.03. The number of nitrogens with one attached hydrogen (secondary N) is 1. The van der Waals surface area contributed by atoms with Crippen molar-refractivity contribution in [2.75, 3.05) is 6.54 Å². The molecule has 3 heterocycles. The number of fused-ring (bicyclic) bond motifs is 1. The number of aryl methyl sites for hydroxylation is 1. The fraction of sp³-hybridized carbons (Fsp3) is 0.312. The molecule has 0 saturated heterocycles. The molecule has 3 aromatic heterocycles. The van der Waals surface area contributed by atoms with Crippen LogP contribution in [0, 0.1) is 0 Å². The third-order valence-corrected chi connectivity index (χ3v) is 3.55. The fourth-order valence-electron chi connectivity index (χ4n) is 2.38. The average molecular weight is 326 g/mol. The lowest BCUT2D eigenvalue weighted by molar-refractivity contribution is 0.0946. The summed E-state index contributed by atoms with van der Waals surface area (Å²) in [6.07, 6.45) is 3.21. The first kappa shape index (κ1) is 15.9. The largest absolute Gasteiger partial charge is 0.350 e. The second-order valence-corrected chi connectivity index (χ2v) is 5.33. The van der Waals surface area contributed by atoms with E-state index in [1.807, 2.05) is 35.7 Å². The quantitative estimate of drug-likeness (QED) is 0.718. The maximum Gasteiger partial charge on any atom is 0.271 e. The van der Waals surface area contributed by atoms with Gasteiger partial charge in [-0.2, -0.15) is 5.10 Å². The molecule has 8 nitrogen and oxygen atoms in total. The van der Waals surface area contributed by atoms with Gasteiger partial charge >= 0.3 is 0 Å². The van der Waals surface area contributed by atoms with Crippen LogP contribution in [0.5, 0.6) is 0 Å². The van der Waals surface area contributed by atoms with Crippen LogP contribution in [0.2, 0.25) is 0 Å². The molecule has 0 saturated carbocycles. The Labute approximate surface area is 138 Å². The Balaban J connectivity index is 1.63. The molecular formula is C16H18N6O2. The van der Waals surface area contributed by atoms with Crippen molar-refractivity contribution in [3.8, 4) is 0 Å². The van der Waals surface area contributed by atoms with Crippen LogP contribution in [-0.2, 0) is 13.0 Å². The van der Waals surface area contributed by atoms with Gasteiger partial charge in [-0.3, -0.25) is 14.0 Å². The highest BCUT2D eigenvalue weighted by Gasteiger charge is 2.10. The van der Waals surface area contributed by atoms with E-state index in [4.69, 9.17) is 0 Å². The lowest BCUT2D eigenvalue weighted by atomic mass is 10.3. The highest BCUT2D eigenvalue weighted by molar-refractivity contribution is 5.91. The van der Waals surface area contributed by atoms with Crippen molar-refractivity contribution in [3.63, 3.8) is 0 Å². The molecule has 0 fully saturated rings. The van der Waals surface area contributed by atoms with Crippen LogP contribution in [0.25, 0.3) is 5.65 Å². The third kappa shape index (κ3) is 3.32. The summed E-state index contributed by atoms with van der Waals surface area (Å²) in [4.78, 5) is 23.8. The van der Waals surface area contributed by atoms with Gasteiger partial charge in [0.2, 0.25) is 0 Å². The maximum atomic E-state index is 12.2. The Morgan fingerprint density at radius 1 is 1.21 bits per heavy atom. The average Bonchev–Trinajstić information content (AvgIpc) is 3.00. The zero-order valence-electron chi connectivity index (χ0n) is 13.3. The van der Waals surface area contributed by atoms with Gasteiger partial charge in [-0.25, -0.2) is 4.68 Å². The summed E-state index contributed by atoms with van der Waals surface area (Å²) in [6.45, 7) is 2.85. The molecule has 1 N–H and O–H groups in total.